The molecule has 0 aliphatic heterocycles. The van der Waals surface area contributed by atoms with Crippen molar-refractivity contribution in [2.45, 2.75) is 26.9 Å². The van der Waals surface area contributed by atoms with Crippen LogP contribution in [0.5, 0.6) is 5.88 Å². The van der Waals surface area contributed by atoms with Gasteiger partial charge in [0.1, 0.15) is 18.2 Å². The first-order chi connectivity index (χ1) is 9.65. The number of rotatable bonds is 5. The molecule has 0 bridgehead atoms. The molecule has 0 amide bonds. The maximum Gasteiger partial charge on any atom is 0.222 e. The number of nitrogens with one attached hydrogen (secondary N) is 1. The molecule has 2 rings (SSSR count). The summed E-state index contributed by atoms with van der Waals surface area (Å²) in [6, 6.07) is 7.63. The van der Waals surface area contributed by atoms with Crippen molar-refractivity contribution in [3.63, 3.8) is 0 Å². The van der Waals surface area contributed by atoms with E-state index in [1.54, 1.807) is 0 Å². The van der Waals surface area contributed by atoms with E-state index in [0.717, 1.165) is 29.2 Å². The molecule has 20 heavy (non-hydrogen) atoms. The highest BCUT2D eigenvalue weighted by atomic mass is 35.5. The fourth-order valence-corrected chi connectivity index (χ4v) is 2.03. The summed E-state index contributed by atoms with van der Waals surface area (Å²) in [5, 5.41) is 3.76. The monoisotopic (exact) mass is 291 g/mol. The molecule has 0 saturated heterocycles. The minimum Gasteiger partial charge on any atom is -0.472 e. The summed E-state index contributed by atoms with van der Waals surface area (Å²) in [6.45, 7) is 4.35. The van der Waals surface area contributed by atoms with Crippen LogP contribution in [-0.4, -0.2) is 17.0 Å². The Labute approximate surface area is 124 Å². The number of hydrogen-bond donors (Lipinski definition) is 1. The maximum atomic E-state index is 6.12. The molecule has 1 N–H and O–H groups in total. The molecule has 0 aliphatic carbocycles. The van der Waals surface area contributed by atoms with E-state index in [-0.39, 0.29) is 0 Å². The molecule has 4 nitrogen and oxygen atoms in total. The molecule has 106 valence electrons. The summed E-state index contributed by atoms with van der Waals surface area (Å²) in [5.74, 6) is 2.15. The molecular weight excluding hydrogens is 274 g/mol. The molecule has 0 fully saturated rings. The molecule has 2 aromatic rings. The highest BCUT2D eigenvalue weighted by molar-refractivity contribution is 6.31. The molecule has 1 aromatic carbocycles. The molecule has 0 aliphatic rings. The smallest absolute Gasteiger partial charge is 0.222 e. The van der Waals surface area contributed by atoms with Crippen LogP contribution in [0.3, 0.4) is 0 Å². The van der Waals surface area contributed by atoms with Crippen LogP contribution in [-0.2, 0) is 13.0 Å². The van der Waals surface area contributed by atoms with E-state index < -0.39 is 0 Å². The number of halogens is 1. The summed E-state index contributed by atoms with van der Waals surface area (Å²) in [4.78, 5) is 8.84. The Balaban J connectivity index is 2.23. The van der Waals surface area contributed by atoms with Crippen molar-refractivity contribution in [1.29, 1.82) is 0 Å². The van der Waals surface area contributed by atoms with E-state index in [1.807, 2.05) is 45.2 Å². The summed E-state index contributed by atoms with van der Waals surface area (Å²) >= 11 is 6.12. The van der Waals surface area contributed by atoms with Crippen molar-refractivity contribution in [2.75, 3.05) is 12.4 Å². The van der Waals surface area contributed by atoms with Crippen LogP contribution in [0.2, 0.25) is 5.02 Å². The van der Waals surface area contributed by atoms with Crippen LogP contribution in [0.1, 0.15) is 23.9 Å². The Morgan fingerprint density at radius 2 is 2.00 bits per heavy atom. The van der Waals surface area contributed by atoms with Gasteiger partial charge >= 0.3 is 0 Å². The summed E-state index contributed by atoms with van der Waals surface area (Å²) in [7, 11) is 1.84. The topological polar surface area (TPSA) is 47.0 Å². The minimum absolute atomic E-state index is 0.393. The average Bonchev–Trinajstić information content (AvgIpc) is 2.47. The summed E-state index contributed by atoms with van der Waals surface area (Å²) < 4.78 is 5.81. The van der Waals surface area contributed by atoms with Gasteiger partial charge in [0, 0.05) is 24.1 Å². The van der Waals surface area contributed by atoms with Gasteiger partial charge in [-0.2, -0.15) is 4.98 Å². The van der Waals surface area contributed by atoms with E-state index in [4.69, 9.17) is 16.3 Å². The van der Waals surface area contributed by atoms with E-state index in [1.165, 1.54) is 0 Å². The van der Waals surface area contributed by atoms with Gasteiger partial charge in [-0.3, -0.25) is 0 Å². The van der Waals surface area contributed by atoms with Gasteiger partial charge < -0.3 is 10.1 Å². The third kappa shape index (κ3) is 3.20. The van der Waals surface area contributed by atoms with Crippen LogP contribution < -0.4 is 10.1 Å². The van der Waals surface area contributed by atoms with E-state index in [2.05, 4.69) is 15.3 Å². The van der Waals surface area contributed by atoms with Crippen molar-refractivity contribution in [2.24, 2.45) is 0 Å². The van der Waals surface area contributed by atoms with Crippen molar-refractivity contribution in [3.8, 4) is 5.88 Å². The normalized spacial score (nSPS) is 10.4. The molecule has 0 spiro atoms. The molecule has 0 unspecified atom stereocenters. The summed E-state index contributed by atoms with van der Waals surface area (Å²) in [6.07, 6.45) is 0.761. The van der Waals surface area contributed by atoms with E-state index in [9.17, 15) is 0 Å². The minimum atomic E-state index is 0.393. The van der Waals surface area contributed by atoms with Crippen LogP contribution in [0.25, 0.3) is 0 Å². The number of aromatic nitrogens is 2. The fraction of sp³-hybridized carbons (Fsp3) is 0.333. The molecule has 0 radical (unpaired) electrons. The van der Waals surface area contributed by atoms with E-state index >= 15 is 0 Å². The first-order valence-electron chi connectivity index (χ1n) is 6.57. The Kier molecular flexibility index (Phi) is 4.79. The number of ether oxygens (including phenoxy) is 1. The molecular formula is C15H18ClN3O. The lowest BCUT2D eigenvalue weighted by Gasteiger charge is -2.13. The van der Waals surface area contributed by atoms with Crippen molar-refractivity contribution in [1.82, 2.24) is 9.97 Å². The number of anilines is 1. The predicted molar refractivity (Wildman–Crippen MR) is 81.5 cm³/mol. The zero-order valence-electron chi connectivity index (χ0n) is 11.9. The fourth-order valence-electron chi connectivity index (χ4n) is 1.84. The number of aryl methyl sites for hydroxylation is 1. The zero-order valence-corrected chi connectivity index (χ0v) is 12.7. The third-order valence-electron chi connectivity index (χ3n) is 3.02. The Hall–Kier alpha value is -1.81. The van der Waals surface area contributed by atoms with Gasteiger partial charge in [0.05, 0.1) is 5.56 Å². The van der Waals surface area contributed by atoms with Crippen LogP contribution >= 0.6 is 11.6 Å². The SMILES string of the molecule is CCc1nc(NC)c(C)c(OCc2ccccc2Cl)n1. The van der Waals surface area contributed by atoms with Gasteiger partial charge in [0.25, 0.3) is 0 Å². The standard InChI is InChI=1S/C15H18ClN3O/c1-4-13-18-14(17-3)10(2)15(19-13)20-9-11-7-5-6-8-12(11)16/h5-8H,4,9H2,1-3H3,(H,17,18,19). The molecule has 0 atom stereocenters. The van der Waals surface area contributed by atoms with Crippen LogP contribution in [0.4, 0.5) is 5.82 Å². The highest BCUT2D eigenvalue weighted by Gasteiger charge is 2.11. The van der Waals surface area contributed by atoms with Gasteiger partial charge in [-0.25, -0.2) is 4.98 Å². The highest BCUT2D eigenvalue weighted by Crippen LogP contribution is 2.24. The summed E-state index contributed by atoms with van der Waals surface area (Å²) in [5.41, 5.74) is 1.84. The average molecular weight is 292 g/mol. The Morgan fingerprint density at radius 3 is 2.65 bits per heavy atom. The van der Waals surface area contributed by atoms with Crippen molar-refractivity contribution < 1.29 is 4.74 Å². The van der Waals surface area contributed by atoms with Gasteiger partial charge in [-0.1, -0.05) is 36.7 Å². The Bertz CT molecular complexity index is 602. The molecule has 5 heteroatoms. The first-order valence-corrected chi connectivity index (χ1v) is 6.95. The van der Waals surface area contributed by atoms with Crippen molar-refractivity contribution in [3.05, 3.63) is 46.2 Å². The van der Waals surface area contributed by atoms with Crippen LogP contribution in [0, 0.1) is 6.92 Å². The van der Waals surface area contributed by atoms with Crippen molar-refractivity contribution >= 4 is 17.4 Å². The second kappa shape index (κ2) is 6.57. The maximum absolute atomic E-state index is 6.12. The zero-order chi connectivity index (χ0) is 14.5. The lowest BCUT2D eigenvalue weighted by Crippen LogP contribution is -2.07. The molecule has 1 aromatic heterocycles. The third-order valence-corrected chi connectivity index (χ3v) is 3.39. The lowest BCUT2D eigenvalue weighted by atomic mass is 10.2. The largest absolute Gasteiger partial charge is 0.472 e. The second-order valence-corrected chi connectivity index (χ2v) is 4.81. The van der Waals surface area contributed by atoms with Gasteiger partial charge in [0.2, 0.25) is 5.88 Å². The quantitative estimate of drug-likeness (QED) is 0.914. The number of benzene rings is 1. The Morgan fingerprint density at radius 1 is 1.25 bits per heavy atom. The lowest BCUT2D eigenvalue weighted by molar-refractivity contribution is 0.290. The molecule has 1 heterocycles. The van der Waals surface area contributed by atoms with Gasteiger partial charge in [-0.15, -0.1) is 0 Å². The predicted octanol–water partition coefficient (Wildman–Crippen LogP) is 3.62. The second-order valence-electron chi connectivity index (χ2n) is 4.40. The van der Waals surface area contributed by atoms with E-state index in [0.29, 0.717) is 17.5 Å². The van der Waals surface area contributed by atoms with Gasteiger partial charge in [-0.05, 0) is 13.0 Å². The molecule has 0 saturated carbocycles. The number of hydrogen-bond acceptors (Lipinski definition) is 4. The van der Waals surface area contributed by atoms with Crippen LogP contribution in [0.15, 0.2) is 24.3 Å². The number of nitrogens with zero attached hydrogens (tertiary/aromatic N) is 2. The van der Waals surface area contributed by atoms with Gasteiger partial charge in [0.15, 0.2) is 0 Å². The first kappa shape index (κ1) is 14.6.